The quantitative estimate of drug-likeness (QED) is 0.625. The van der Waals surface area contributed by atoms with Crippen LogP contribution in [0.4, 0.5) is 4.39 Å². The van der Waals surface area contributed by atoms with Gasteiger partial charge in [-0.15, -0.1) is 0 Å². The monoisotopic (exact) mass is 164 g/mol. The summed E-state index contributed by atoms with van der Waals surface area (Å²) in [6.45, 7) is 0. The third kappa shape index (κ3) is 3.01. The minimum absolute atomic E-state index is 0. The first-order valence-corrected chi connectivity index (χ1v) is 2.69. The van der Waals surface area contributed by atoms with Crippen molar-refractivity contribution in [2.24, 2.45) is 0 Å². The van der Waals surface area contributed by atoms with Gasteiger partial charge in [-0.1, -0.05) is 6.07 Å². The van der Waals surface area contributed by atoms with Crippen LogP contribution in [0, 0.1) is 5.82 Å². The van der Waals surface area contributed by atoms with E-state index in [1.54, 1.807) is 0 Å². The van der Waals surface area contributed by atoms with Gasteiger partial charge in [-0.2, -0.15) is 0 Å². The Bertz CT molecular complexity index is 262. The van der Waals surface area contributed by atoms with Crippen LogP contribution in [0.5, 0.6) is 0 Å². The molecule has 1 rings (SSSR count). The number of hydrogen-bond acceptors (Lipinski definition) is 1. The third-order valence-corrected chi connectivity index (χ3v) is 1.07. The van der Waals surface area contributed by atoms with Crippen LogP contribution >= 0.6 is 0 Å². The van der Waals surface area contributed by atoms with Crippen molar-refractivity contribution < 1.29 is 14.3 Å². The van der Waals surface area contributed by atoms with E-state index in [9.17, 15) is 9.18 Å². The molecule has 0 aliphatic carbocycles. The van der Waals surface area contributed by atoms with Gasteiger partial charge < -0.3 is 5.11 Å². The number of carboxylic acid groups (broad SMARTS) is 1. The van der Waals surface area contributed by atoms with Gasteiger partial charge >= 0.3 is 35.5 Å². The van der Waals surface area contributed by atoms with Crippen molar-refractivity contribution in [1.29, 1.82) is 0 Å². The molecule has 0 saturated heterocycles. The van der Waals surface area contributed by atoms with Crippen molar-refractivity contribution >= 4 is 35.5 Å². The fourth-order valence-corrected chi connectivity index (χ4v) is 0.622. The molecule has 0 saturated carbocycles. The van der Waals surface area contributed by atoms with Gasteiger partial charge in [-0.25, -0.2) is 9.18 Å². The van der Waals surface area contributed by atoms with E-state index in [2.05, 4.69) is 0 Å². The number of aromatic carboxylic acids is 1. The molecular formula is C7H6FNaO2. The van der Waals surface area contributed by atoms with Crippen LogP contribution in [-0.2, 0) is 0 Å². The molecule has 0 aliphatic rings. The van der Waals surface area contributed by atoms with Crippen molar-refractivity contribution in [2.45, 2.75) is 0 Å². The summed E-state index contributed by atoms with van der Waals surface area (Å²) < 4.78 is 12.3. The zero-order chi connectivity index (χ0) is 7.56. The van der Waals surface area contributed by atoms with E-state index >= 15 is 0 Å². The molecule has 0 amide bonds. The normalized spacial score (nSPS) is 8.45. The molecule has 2 nitrogen and oxygen atoms in total. The van der Waals surface area contributed by atoms with Crippen LogP contribution in [0.2, 0.25) is 0 Å². The number of hydrogen-bond donors (Lipinski definition) is 1. The van der Waals surface area contributed by atoms with Crippen LogP contribution in [0.25, 0.3) is 0 Å². The number of carbonyl (C=O) groups is 1. The zero-order valence-corrected chi connectivity index (χ0v) is 5.04. The van der Waals surface area contributed by atoms with Crippen LogP contribution in [0.3, 0.4) is 0 Å². The van der Waals surface area contributed by atoms with Gasteiger partial charge in [0.05, 0.1) is 5.56 Å². The Morgan fingerprint density at radius 2 is 2.09 bits per heavy atom. The maximum absolute atomic E-state index is 12.3. The van der Waals surface area contributed by atoms with Crippen LogP contribution < -0.4 is 0 Å². The Morgan fingerprint density at radius 3 is 2.45 bits per heavy atom. The summed E-state index contributed by atoms with van der Waals surface area (Å²) in [7, 11) is 0. The topological polar surface area (TPSA) is 37.3 Å². The first kappa shape index (κ1) is 10.6. The predicted octanol–water partition coefficient (Wildman–Crippen LogP) is 0.875. The average Bonchev–Trinajstić information content (AvgIpc) is 1.88. The molecule has 1 aromatic rings. The molecule has 0 bridgehead atoms. The van der Waals surface area contributed by atoms with Gasteiger partial charge in [0.15, 0.2) is 0 Å². The van der Waals surface area contributed by atoms with E-state index in [4.69, 9.17) is 5.11 Å². The summed E-state index contributed by atoms with van der Waals surface area (Å²) in [4.78, 5) is 10.2. The van der Waals surface area contributed by atoms with E-state index < -0.39 is 11.8 Å². The van der Waals surface area contributed by atoms with E-state index in [-0.39, 0.29) is 35.1 Å². The average molecular weight is 164 g/mol. The minimum atomic E-state index is -1.11. The van der Waals surface area contributed by atoms with E-state index in [0.29, 0.717) is 0 Å². The third-order valence-electron chi connectivity index (χ3n) is 1.07. The Kier molecular flexibility index (Phi) is 4.33. The molecule has 0 unspecified atom stereocenters. The fraction of sp³-hybridized carbons (Fsp3) is 0. The van der Waals surface area contributed by atoms with Gasteiger partial charge in [0.1, 0.15) is 5.82 Å². The summed E-state index contributed by atoms with van der Waals surface area (Å²) in [5.41, 5.74) is -0.0278. The summed E-state index contributed by atoms with van der Waals surface area (Å²) in [5.74, 6) is -1.64. The molecule has 1 aromatic carbocycles. The molecule has 0 aromatic heterocycles. The van der Waals surface area contributed by atoms with Crippen molar-refractivity contribution in [3.05, 3.63) is 35.6 Å². The van der Waals surface area contributed by atoms with Gasteiger partial charge in [0.2, 0.25) is 0 Å². The summed E-state index contributed by atoms with van der Waals surface area (Å²) >= 11 is 0. The first-order valence-electron chi connectivity index (χ1n) is 2.69. The van der Waals surface area contributed by atoms with Crippen LogP contribution in [0.15, 0.2) is 24.3 Å². The standard InChI is InChI=1S/C7H5FO2.Na.H/c8-6-3-1-2-5(4-6)7(9)10;;/h1-4H,(H,9,10);;. The molecule has 54 valence electrons. The van der Waals surface area contributed by atoms with Gasteiger partial charge in [-0.3, -0.25) is 0 Å². The predicted molar refractivity (Wildman–Crippen MR) is 40.5 cm³/mol. The fourth-order valence-electron chi connectivity index (χ4n) is 0.622. The molecule has 4 heteroatoms. The Balaban J connectivity index is 0.000001000. The van der Waals surface area contributed by atoms with E-state index in [0.717, 1.165) is 6.07 Å². The molecule has 0 radical (unpaired) electrons. The summed E-state index contributed by atoms with van der Waals surface area (Å²) in [6.07, 6.45) is 0. The number of carboxylic acids is 1. The van der Waals surface area contributed by atoms with Gasteiger partial charge in [-0.05, 0) is 18.2 Å². The molecular weight excluding hydrogens is 158 g/mol. The SMILES string of the molecule is O=C(O)c1cccc(F)c1.[NaH]. The van der Waals surface area contributed by atoms with Crippen molar-refractivity contribution in [3.63, 3.8) is 0 Å². The molecule has 0 fully saturated rings. The van der Waals surface area contributed by atoms with E-state index in [1.807, 2.05) is 0 Å². The second kappa shape index (κ2) is 4.49. The second-order valence-electron chi connectivity index (χ2n) is 1.82. The molecule has 0 aliphatic heterocycles. The molecule has 0 atom stereocenters. The number of benzene rings is 1. The van der Waals surface area contributed by atoms with Crippen molar-refractivity contribution in [3.8, 4) is 0 Å². The van der Waals surface area contributed by atoms with Gasteiger partial charge in [0.25, 0.3) is 0 Å². The number of rotatable bonds is 1. The number of halogens is 1. The molecule has 1 N–H and O–H groups in total. The Morgan fingerprint density at radius 1 is 1.45 bits per heavy atom. The second-order valence-corrected chi connectivity index (χ2v) is 1.82. The first-order chi connectivity index (χ1) is 4.70. The molecule has 11 heavy (non-hydrogen) atoms. The summed E-state index contributed by atoms with van der Waals surface area (Å²) in [5, 5.41) is 8.34. The summed E-state index contributed by atoms with van der Waals surface area (Å²) in [6, 6.07) is 4.87. The zero-order valence-electron chi connectivity index (χ0n) is 5.04. The molecule has 0 spiro atoms. The van der Waals surface area contributed by atoms with Crippen molar-refractivity contribution in [2.75, 3.05) is 0 Å². The molecule has 0 heterocycles. The van der Waals surface area contributed by atoms with Gasteiger partial charge in [0, 0.05) is 0 Å². The van der Waals surface area contributed by atoms with Crippen LogP contribution in [0.1, 0.15) is 10.4 Å². The maximum atomic E-state index is 12.3. The Labute approximate surface area is 85.3 Å². The van der Waals surface area contributed by atoms with Crippen molar-refractivity contribution in [1.82, 2.24) is 0 Å². The van der Waals surface area contributed by atoms with Crippen LogP contribution in [-0.4, -0.2) is 40.6 Å². The van der Waals surface area contributed by atoms with E-state index in [1.165, 1.54) is 18.2 Å². The Hall–Kier alpha value is -0.380.